The number of carbonyl (C=O) groups is 2. The van der Waals surface area contributed by atoms with Gasteiger partial charge in [-0.3, -0.25) is 4.79 Å². The second-order valence-electron chi connectivity index (χ2n) is 4.38. The lowest BCUT2D eigenvalue weighted by Gasteiger charge is -2.28. The van der Waals surface area contributed by atoms with Crippen LogP contribution in [0.25, 0.3) is 0 Å². The molecule has 1 heterocycles. The Hall–Kier alpha value is -0.940. The third-order valence-electron chi connectivity index (χ3n) is 2.38. The van der Waals surface area contributed by atoms with Crippen molar-refractivity contribution in [2.75, 3.05) is 19.8 Å². The van der Waals surface area contributed by atoms with Crippen LogP contribution in [0.1, 0.15) is 27.2 Å². The summed E-state index contributed by atoms with van der Waals surface area (Å²) in [6.07, 6.45) is -0.359. The molecule has 0 aliphatic carbocycles. The van der Waals surface area contributed by atoms with Crippen molar-refractivity contribution in [2.24, 2.45) is 5.41 Å². The molecule has 0 aromatic rings. The summed E-state index contributed by atoms with van der Waals surface area (Å²) in [4.78, 5) is 22.7. The third-order valence-corrected chi connectivity index (χ3v) is 2.38. The van der Waals surface area contributed by atoms with Crippen LogP contribution >= 0.6 is 0 Å². The molecule has 0 aromatic carbocycles. The third kappa shape index (κ3) is 3.28. The minimum absolute atomic E-state index is 0.0660. The molecule has 1 rings (SSSR count). The molecule has 0 amide bonds. The van der Waals surface area contributed by atoms with E-state index >= 15 is 0 Å². The Morgan fingerprint density at radius 3 is 2.38 bits per heavy atom. The number of Topliss-reactive ketones (excluding diaryl/α,β-unsaturated/α-hetero) is 1. The highest BCUT2D eigenvalue weighted by molar-refractivity contribution is 6.33. The normalized spacial score (nSPS) is 17.4. The number of hydrogen-bond donors (Lipinski definition) is 0. The first-order valence-electron chi connectivity index (χ1n) is 5.40. The van der Waals surface area contributed by atoms with E-state index < -0.39 is 23.5 Å². The molecule has 0 atom stereocenters. The summed E-state index contributed by atoms with van der Waals surface area (Å²) in [5.41, 5.74) is -0.514. The average Bonchev–Trinajstić information content (AvgIpc) is 2.70. The lowest BCUT2D eigenvalue weighted by Crippen LogP contribution is -2.35. The van der Waals surface area contributed by atoms with Crippen LogP contribution in [0.3, 0.4) is 0 Å². The molecule has 0 aromatic heterocycles. The summed E-state index contributed by atoms with van der Waals surface area (Å²) in [6, 6.07) is 0. The summed E-state index contributed by atoms with van der Waals surface area (Å²) < 4.78 is 15.3. The molecule has 5 heteroatoms. The van der Waals surface area contributed by atoms with E-state index in [-0.39, 0.29) is 13.0 Å². The second-order valence-corrected chi connectivity index (χ2v) is 4.38. The molecule has 0 radical (unpaired) electrons. The van der Waals surface area contributed by atoms with Crippen LogP contribution in [-0.4, -0.2) is 37.9 Å². The molecule has 92 valence electrons. The van der Waals surface area contributed by atoms with Crippen molar-refractivity contribution in [1.29, 1.82) is 0 Å². The van der Waals surface area contributed by atoms with E-state index in [4.69, 9.17) is 9.47 Å². The molecule has 1 fully saturated rings. The van der Waals surface area contributed by atoms with Gasteiger partial charge in [0.25, 0.3) is 0 Å². The van der Waals surface area contributed by atoms with Crippen molar-refractivity contribution in [1.82, 2.24) is 0 Å². The first-order chi connectivity index (χ1) is 7.47. The molecule has 1 aliphatic heterocycles. The van der Waals surface area contributed by atoms with Gasteiger partial charge < -0.3 is 14.2 Å². The van der Waals surface area contributed by atoms with E-state index in [1.54, 1.807) is 6.92 Å². The van der Waals surface area contributed by atoms with Crippen molar-refractivity contribution in [3.63, 3.8) is 0 Å². The Morgan fingerprint density at radius 2 is 1.88 bits per heavy atom. The lowest BCUT2D eigenvalue weighted by molar-refractivity contribution is -0.159. The van der Waals surface area contributed by atoms with Gasteiger partial charge in [0.1, 0.15) is 0 Å². The number of esters is 1. The van der Waals surface area contributed by atoms with Crippen LogP contribution in [0.5, 0.6) is 0 Å². The van der Waals surface area contributed by atoms with Gasteiger partial charge in [-0.1, -0.05) is 13.8 Å². The molecule has 0 spiro atoms. The van der Waals surface area contributed by atoms with Gasteiger partial charge in [-0.2, -0.15) is 0 Å². The summed E-state index contributed by atoms with van der Waals surface area (Å²) in [5.74, 6) is -1.32. The standard InChI is InChI=1S/C11H18O5/c1-4-14-9(13)8(12)7-11(2,3)10-15-5-6-16-10/h10H,4-7H2,1-3H3. The molecular formula is C11H18O5. The van der Waals surface area contributed by atoms with Crippen LogP contribution in [0.4, 0.5) is 0 Å². The predicted octanol–water partition coefficient (Wildman–Crippen LogP) is 0.908. The minimum atomic E-state index is -0.784. The van der Waals surface area contributed by atoms with E-state index in [0.717, 1.165) is 0 Å². The van der Waals surface area contributed by atoms with E-state index in [9.17, 15) is 9.59 Å². The van der Waals surface area contributed by atoms with Crippen molar-refractivity contribution in [3.05, 3.63) is 0 Å². The van der Waals surface area contributed by atoms with Gasteiger partial charge in [-0.05, 0) is 6.92 Å². The Kier molecular flexibility index (Phi) is 4.44. The van der Waals surface area contributed by atoms with Crippen LogP contribution < -0.4 is 0 Å². The summed E-state index contributed by atoms with van der Waals surface area (Å²) >= 11 is 0. The van der Waals surface area contributed by atoms with Crippen LogP contribution in [-0.2, 0) is 23.8 Å². The second kappa shape index (κ2) is 5.41. The molecule has 16 heavy (non-hydrogen) atoms. The predicted molar refractivity (Wildman–Crippen MR) is 55.7 cm³/mol. The van der Waals surface area contributed by atoms with Crippen molar-refractivity contribution < 1.29 is 23.8 Å². The number of carbonyl (C=O) groups excluding carboxylic acids is 2. The van der Waals surface area contributed by atoms with E-state index in [0.29, 0.717) is 13.2 Å². The number of ketones is 1. The zero-order valence-electron chi connectivity index (χ0n) is 9.95. The molecule has 0 N–H and O–H groups in total. The average molecular weight is 230 g/mol. The molecule has 1 saturated heterocycles. The Bertz CT molecular complexity index is 266. The molecule has 1 aliphatic rings. The number of rotatable bonds is 5. The first-order valence-corrected chi connectivity index (χ1v) is 5.40. The van der Waals surface area contributed by atoms with Crippen molar-refractivity contribution >= 4 is 11.8 Å². The summed E-state index contributed by atoms with van der Waals surface area (Å²) in [7, 11) is 0. The smallest absolute Gasteiger partial charge is 0.374 e. The quantitative estimate of drug-likeness (QED) is 0.519. The zero-order chi connectivity index (χ0) is 12.2. The molecule has 0 unspecified atom stereocenters. The van der Waals surface area contributed by atoms with Gasteiger partial charge in [-0.25, -0.2) is 4.79 Å². The first kappa shape index (κ1) is 13.1. The van der Waals surface area contributed by atoms with Gasteiger partial charge in [0.05, 0.1) is 19.8 Å². The van der Waals surface area contributed by atoms with E-state index in [1.807, 2.05) is 13.8 Å². The lowest BCUT2D eigenvalue weighted by atomic mass is 9.86. The van der Waals surface area contributed by atoms with Gasteiger partial charge in [0.2, 0.25) is 5.78 Å². The molecule has 5 nitrogen and oxygen atoms in total. The van der Waals surface area contributed by atoms with Gasteiger partial charge >= 0.3 is 5.97 Å². The topological polar surface area (TPSA) is 61.8 Å². The highest BCUT2D eigenvalue weighted by atomic mass is 16.7. The largest absolute Gasteiger partial charge is 0.460 e. The Morgan fingerprint density at radius 1 is 1.31 bits per heavy atom. The van der Waals surface area contributed by atoms with Gasteiger partial charge in [0, 0.05) is 11.8 Å². The molecular weight excluding hydrogens is 212 g/mol. The molecule has 0 bridgehead atoms. The van der Waals surface area contributed by atoms with Crippen LogP contribution in [0, 0.1) is 5.41 Å². The Labute approximate surface area is 95.0 Å². The maximum Gasteiger partial charge on any atom is 0.374 e. The maximum atomic E-state index is 11.5. The number of hydrogen-bond acceptors (Lipinski definition) is 5. The molecule has 0 saturated carbocycles. The van der Waals surface area contributed by atoms with Crippen LogP contribution in [0.15, 0.2) is 0 Å². The minimum Gasteiger partial charge on any atom is -0.460 e. The fraction of sp³-hybridized carbons (Fsp3) is 0.818. The van der Waals surface area contributed by atoms with Gasteiger partial charge in [-0.15, -0.1) is 0 Å². The zero-order valence-corrected chi connectivity index (χ0v) is 9.95. The maximum absolute atomic E-state index is 11.5. The number of ether oxygens (including phenoxy) is 3. The highest BCUT2D eigenvalue weighted by Crippen LogP contribution is 2.31. The summed E-state index contributed by atoms with van der Waals surface area (Å²) in [6.45, 7) is 6.60. The summed E-state index contributed by atoms with van der Waals surface area (Å²) in [5, 5.41) is 0. The Balaban J connectivity index is 2.50. The van der Waals surface area contributed by atoms with Crippen molar-refractivity contribution in [2.45, 2.75) is 33.5 Å². The fourth-order valence-electron chi connectivity index (χ4n) is 1.59. The van der Waals surface area contributed by atoms with E-state index in [1.165, 1.54) is 0 Å². The van der Waals surface area contributed by atoms with Crippen LogP contribution in [0.2, 0.25) is 0 Å². The van der Waals surface area contributed by atoms with Crippen molar-refractivity contribution in [3.8, 4) is 0 Å². The SMILES string of the molecule is CCOC(=O)C(=O)CC(C)(C)C1OCCO1. The fourth-order valence-corrected chi connectivity index (χ4v) is 1.59. The highest BCUT2D eigenvalue weighted by Gasteiger charge is 2.37. The van der Waals surface area contributed by atoms with E-state index in [2.05, 4.69) is 4.74 Å². The van der Waals surface area contributed by atoms with Gasteiger partial charge in [0.15, 0.2) is 6.29 Å². The monoisotopic (exact) mass is 230 g/mol.